The van der Waals surface area contributed by atoms with Crippen LogP contribution in [0.5, 0.6) is 5.75 Å². The van der Waals surface area contributed by atoms with Crippen LogP contribution < -0.4 is 4.74 Å². The molecule has 0 aliphatic carbocycles. The lowest BCUT2D eigenvalue weighted by atomic mass is 10.0. The van der Waals surface area contributed by atoms with Crippen molar-refractivity contribution in [3.05, 3.63) is 24.3 Å². The van der Waals surface area contributed by atoms with Crippen molar-refractivity contribution < 1.29 is 23.1 Å². The number of thioether (sulfide) groups is 1. The zero-order chi connectivity index (χ0) is 18.7. The van der Waals surface area contributed by atoms with E-state index in [4.69, 9.17) is 4.74 Å². The molecule has 1 N–H and O–H groups in total. The molecule has 0 unspecified atom stereocenters. The number of carbonyl (C=O) groups is 1. The Morgan fingerprint density at radius 2 is 1.88 bits per heavy atom. The average molecular weight is 388 g/mol. The molecular weight excluding hydrogens is 362 g/mol. The quantitative estimate of drug-likeness (QED) is 0.855. The van der Waals surface area contributed by atoms with Gasteiger partial charge >= 0.3 is 5.97 Å². The number of carboxylic acids is 1. The van der Waals surface area contributed by atoms with Gasteiger partial charge in [0.25, 0.3) is 0 Å². The third-order valence-corrected chi connectivity index (χ3v) is 7.68. The summed E-state index contributed by atoms with van der Waals surface area (Å²) in [6.07, 6.45) is 2.48. The Morgan fingerprint density at radius 1 is 1.24 bits per heavy atom. The van der Waals surface area contributed by atoms with Crippen molar-refractivity contribution in [1.29, 1.82) is 0 Å². The summed E-state index contributed by atoms with van der Waals surface area (Å²) in [6.45, 7) is 3.81. The van der Waals surface area contributed by atoms with Crippen molar-refractivity contribution in [1.82, 2.24) is 4.31 Å². The molecule has 1 fully saturated rings. The van der Waals surface area contributed by atoms with Crippen LogP contribution in [0.25, 0.3) is 0 Å². The van der Waals surface area contributed by atoms with Gasteiger partial charge < -0.3 is 9.84 Å². The van der Waals surface area contributed by atoms with E-state index in [1.54, 1.807) is 26.0 Å². The second kappa shape index (κ2) is 7.97. The minimum absolute atomic E-state index is 0.0830. The molecule has 1 saturated heterocycles. The maximum absolute atomic E-state index is 13.2. The molecular formula is C17H25NO5S2. The molecule has 0 spiro atoms. The zero-order valence-electron chi connectivity index (χ0n) is 14.8. The number of hydrogen-bond acceptors (Lipinski definition) is 5. The molecule has 0 saturated carbocycles. The molecule has 1 heterocycles. The molecule has 2 rings (SSSR count). The van der Waals surface area contributed by atoms with Gasteiger partial charge in [0.1, 0.15) is 11.8 Å². The molecule has 8 heteroatoms. The van der Waals surface area contributed by atoms with Crippen molar-refractivity contribution in [3.63, 3.8) is 0 Å². The first-order valence-electron chi connectivity index (χ1n) is 8.23. The van der Waals surface area contributed by atoms with Gasteiger partial charge in [-0.2, -0.15) is 16.1 Å². The maximum atomic E-state index is 13.2. The van der Waals surface area contributed by atoms with E-state index in [1.807, 2.05) is 0 Å². The second-order valence-corrected chi connectivity index (χ2v) is 10.2. The van der Waals surface area contributed by atoms with Gasteiger partial charge in [-0.3, -0.25) is 4.79 Å². The predicted molar refractivity (Wildman–Crippen MR) is 98.7 cm³/mol. The highest BCUT2D eigenvalue weighted by Gasteiger charge is 2.45. The van der Waals surface area contributed by atoms with Crippen molar-refractivity contribution in [2.75, 3.05) is 19.4 Å². The molecule has 1 aromatic rings. The lowest BCUT2D eigenvalue weighted by Crippen LogP contribution is -2.55. The van der Waals surface area contributed by atoms with Crippen LogP contribution in [0.15, 0.2) is 29.2 Å². The summed E-state index contributed by atoms with van der Waals surface area (Å²) in [7, 11) is -2.42. The SMILES string of the molecule is COc1ccc(S(=O)(=O)N2CCCCCSC(C)(C)[C@@H]2C(=O)O)cc1. The first-order valence-corrected chi connectivity index (χ1v) is 10.7. The van der Waals surface area contributed by atoms with Crippen molar-refractivity contribution >= 4 is 27.8 Å². The van der Waals surface area contributed by atoms with E-state index in [2.05, 4.69) is 0 Å². The standard InChI is InChI=1S/C17H25NO5S2/c1-17(2)15(16(19)20)18(11-5-4-6-12-24-17)25(21,22)14-9-7-13(23-3)8-10-14/h7-10,15H,4-6,11-12H2,1-3H3,(H,19,20)/t15-/m0/s1. The monoisotopic (exact) mass is 387 g/mol. The molecule has 25 heavy (non-hydrogen) atoms. The molecule has 140 valence electrons. The number of methoxy groups -OCH3 is 1. The fourth-order valence-corrected chi connectivity index (χ4v) is 6.08. The van der Waals surface area contributed by atoms with Crippen molar-refractivity contribution in [3.8, 4) is 5.75 Å². The van der Waals surface area contributed by atoms with E-state index in [-0.39, 0.29) is 11.4 Å². The van der Waals surface area contributed by atoms with Crippen molar-refractivity contribution in [2.24, 2.45) is 0 Å². The fourth-order valence-electron chi connectivity index (χ4n) is 3.00. The molecule has 0 amide bonds. The van der Waals surface area contributed by atoms with E-state index >= 15 is 0 Å². The normalized spacial score (nSPS) is 22.4. The number of carboxylic acid groups (broad SMARTS) is 1. The fraction of sp³-hybridized carbons (Fsp3) is 0.588. The molecule has 1 aliphatic rings. The van der Waals surface area contributed by atoms with Crippen LogP contribution in [0.2, 0.25) is 0 Å². The minimum atomic E-state index is -3.92. The van der Waals surface area contributed by atoms with Gasteiger partial charge in [0.2, 0.25) is 10.0 Å². The third kappa shape index (κ3) is 4.48. The number of aliphatic carboxylic acids is 1. The number of benzene rings is 1. The average Bonchev–Trinajstić information content (AvgIpc) is 2.63. The smallest absolute Gasteiger partial charge is 0.323 e. The lowest BCUT2D eigenvalue weighted by molar-refractivity contribution is -0.142. The third-order valence-electron chi connectivity index (χ3n) is 4.34. The number of rotatable bonds is 4. The van der Waals surface area contributed by atoms with E-state index in [0.29, 0.717) is 12.2 Å². The van der Waals surface area contributed by atoms with Crippen molar-refractivity contribution in [2.45, 2.75) is 48.8 Å². The number of nitrogens with zero attached hydrogens (tertiary/aromatic N) is 1. The molecule has 0 radical (unpaired) electrons. The summed E-state index contributed by atoms with van der Waals surface area (Å²) < 4.78 is 31.9. The molecule has 6 nitrogen and oxygen atoms in total. The van der Waals surface area contributed by atoms with Gasteiger partial charge in [0.05, 0.1) is 12.0 Å². The largest absolute Gasteiger partial charge is 0.497 e. The Bertz CT molecular complexity index is 700. The van der Waals surface area contributed by atoms with Crippen LogP contribution in [0, 0.1) is 0 Å². The molecule has 1 atom stereocenters. The summed E-state index contributed by atoms with van der Waals surface area (Å²) in [5.74, 6) is 0.262. The Balaban J connectivity index is 2.49. The van der Waals surface area contributed by atoms with E-state index < -0.39 is 26.8 Å². The molecule has 1 aliphatic heterocycles. The summed E-state index contributed by atoms with van der Waals surface area (Å²) >= 11 is 1.52. The van der Waals surface area contributed by atoms with Gasteiger partial charge in [-0.15, -0.1) is 0 Å². The summed E-state index contributed by atoms with van der Waals surface area (Å²) in [4.78, 5) is 12.1. The highest BCUT2D eigenvalue weighted by atomic mass is 32.2. The van der Waals surface area contributed by atoms with Crippen LogP contribution >= 0.6 is 11.8 Å². The molecule has 0 aromatic heterocycles. The highest BCUT2D eigenvalue weighted by molar-refractivity contribution is 8.00. The van der Waals surface area contributed by atoms with Gasteiger partial charge in [-0.25, -0.2) is 8.42 Å². The second-order valence-electron chi connectivity index (χ2n) is 6.54. The van der Waals surface area contributed by atoms with Crippen LogP contribution in [-0.4, -0.2) is 54.0 Å². The summed E-state index contributed by atoms with van der Waals surface area (Å²) in [5.41, 5.74) is 0. The summed E-state index contributed by atoms with van der Waals surface area (Å²) in [5, 5.41) is 9.81. The van der Waals surface area contributed by atoms with Gasteiger partial charge in [0.15, 0.2) is 0 Å². The van der Waals surface area contributed by atoms with Crippen LogP contribution in [0.3, 0.4) is 0 Å². The van der Waals surface area contributed by atoms with Crippen LogP contribution in [-0.2, 0) is 14.8 Å². The molecule has 1 aromatic carbocycles. The number of sulfonamides is 1. The number of ether oxygens (including phenoxy) is 1. The zero-order valence-corrected chi connectivity index (χ0v) is 16.4. The number of hydrogen-bond donors (Lipinski definition) is 1. The van der Waals surface area contributed by atoms with E-state index in [9.17, 15) is 18.3 Å². The van der Waals surface area contributed by atoms with Gasteiger partial charge in [-0.05, 0) is 56.7 Å². The Labute approximate surface area is 153 Å². The highest BCUT2D eigenvalue weighted by Crippen LogP contribution is 2.36. The first kappa shape index (κ1) is 20.1. The lowest BCUT2D eigenvalue weighted by Gasteiger charge is -2.37. The maximum Gasteiger partial charge on any atom is 0.323 e. The van der Waals surface area contributed by atoms with Crippen LogP contribution in [0.4, 0.5) is 0 Å². The molecule has 0 bridgehead atoms. The predicted octanol–water partition coefficient (Wildman–Crippen LogP) is 2.83. The van der Waals surface area contributed by atoms with E-state index in [0.717, 1.165) is 22.9 Å². The van der Waals surface area contributed by atoms with Gasteiger partial charge in [0, 0.05) is 11.3 Å². The minimum Gasteiger partial charge on any atom is -0.497 e. The van der Waals surface area contributed by atoms with Gasteiger partial charge in [-0.1, -0.05) is 6.42 Å². The Morgan fingerprint density at radius 3 is 2.44 bits per heavy atom. The van der Waals surface area contributed by atoms with E-state index in [1.165, 1.54) is 31.0 Å². The Kier molecular flexibility index (Phi) is 6.40. The topological polar surface area (TPSA) is 83.9 Å². The van der Waals surface area contributed by atoms with Crippen LogP contribution in [0.1, 0.15) is 33.1 Å². The summed E-state index contributed by atoms with van der Waals surface area (Å²) in [6, 6.07) is 4.93. The first-order chi connectivity index (χ1) is 11.7. The Hall–Kier alpha value is -1.25.